The fraction of sp³-hybridized carbons (Fsp3) is 0.692. The first-order valence-electron chi connectivity index (χ1n) is 6.27. The maximum absolute atomic E-state index is 12.0. The molecule has 108 valence electrons. The van der Waals surface area contributed by atoms with E-state index in [-0.39, 0.29) is 12.0 Å². The molecule has 0 aliphatic rings. The second-order valence-electron chi connectivity index (χ2n) is 5.27. The first-order chi connectivity index (χ1) is 8.71. The van der Waals surface area contributed by atoms with Crippen molar-refractivity contribution in [3.63, 3.8) is 0 Å². The number of rotatable bonds is 5. The summed E-state index contributed by atoms with van der Waals surface area (Å²) in [4.78, 5) is 12.0. The summed E-state index contributed by atoms with van der Waals surface area (Å²) in [6.45, 7) is 9.87. The molecule has 0 saturated carbocycles. The Labute approximate surface area is 119 Å². The molecular formula is C13H22ClN3O2. The van der Waals surface area contributed by atoms with E-state index < -0.39 is 5.54 Å². The molecule has 1 aromatic rings. The maximum atomic E-state index is 12.0. The fourth-order valence-corrected chi connectivity index (χ4v) is 2.30. The van der Waals surface area contributed by atoms with Crippen LogP contribution in [0.1, 0.15) is 32.2 Å². The third kappa shape index (κ3) is 3.48. The van der Waals surface area contributed by atoms with Gasteiger partial charge in [-0.3, -0.25) is 10.00 Å². The second kappa shape index (κ2) is 5.92. The molecule has 1 unspecified atom stereocenters. The van der Waals surface area contributed by atoms with Gasteiger partial charge in [-0.1, -0.05) is 11.6 Å². The summed E-state index contributed by atoms with van der Waals surface area (Å²) in [5.41, 5.74) is 0.769. The molecule has 0 aliphatic heterocycles. The van der Waals surface area contributed by atoms with Gasteiger partial charge in [0.2, 0.25) is 0 Å². The normalized spacial score (nSPS) is 14.5. The molecule has 0 aliphatic carbocycles. The Morgan fingerprint density at radius 2 is 2.11 bits per heavy atom. The third-order valence-corrected chi connectivity index (χ3v) is 3.55. The monoisotopic (exact) mass is 287 g/mol. The largest absolute Gasteiger partial charge is 0.468 e. The molecular weight excluding hydrogens is 266 g/mol. The van der Waals surface area contributed by atoms with Crippen molar-refractivity contribution in [1.82, 2.24) is 15.1 Å². The van der Waals surface area contributed by atoms with Gasteiger partial charge in [-0.05, 0) is 34.6 Å². The molecule has 1 atom stereocenters. The lowest BCUT2D eigenvalue weighted by Crippen LogP contribution is -2.55. The molecule has 0 fully saturated rings. The van der Waals surface area contributed by atoms with E-state index in [4.69, 9.17) is 16.3 Å². The van der Waals surface area contributed by atoms with Crippen LogP contribution in [-0.4, -0.2) is 34.4 Å². The van der Waals surface area contributed by atoms with Gasteiger partial charge in [-0.15, -0.1) is 0 Å². The van der Waals surface area contributed by atoms with Gasteiger partial charge in [0, 0.05) is 6.04 Å². The zero-order valence-electron chi connectivity index (χ0n) is 12.4. The average Bonchev–Trinajstić information content (AvgIpc) is 2.54. The Hall–Kier alpha value is -1.07. The Kier molecular flexibility index (Phi) is 4.98. The molecule has 6 heteroatoms. The number of carbonyl (C=O) groups is 1. The quantitative estimate of drug-likeness (QED) is 0.843. The molecule has 0 radical (unpaired) electrons. The molecule has 0 amide bonds. The van der Waals surface area contributed by atoms with Crippen LogP contribution in [0.4, 0.5) is 0 Å². The van der Waals surface area contributed by atoms with Crippen LogP contribution in [0.15, 0.2) is 0 Å². The summed E-state index contributed by atoms with van der Waals surface area (Å²) in [5.74, 6) is -0.315. The number of methoxy groups -OCH3 is 1. The van der Waals surface area contributed by atoms with Gasteiger partial charge in [-0.2, -0.15) is 5.10 Å². The minimum absolute atomic E-state index is 0.150. The minimum Gasteiger partial charge on any atom is -0.468 e. The van der Waals surface area contributed by atoms with Crippen LogP contribution in [0.2, 0.25) is 5.02 Å². The van der Waals surface area contributed by atoms with E-state index >= 15 is 0 Å². The highest BCUT2D eigenvalue weighted by molar-refractivity contribution is 6.31. The van der Waals surface area contributed by atoms with E-state index in [1.165, 1.54) is 7.11 Å². The van der Waals surface area contributed by atoms with Crippen LogP contribution in [0.25, 0.3) is 0 Å². The first-order valence-corrected chi connectivity index (χ1v) is 6.64. The van der Waals surface area contributed by atoms with Gasteiger partial charge in [-0.25, -0.2) is 4.79 Å². The Morgan fingerprint density at radius 3 is 2.47 bits per heavy atom. The molecule has 0 spiro atoms. The molecule has 1 rings (SSSR count). The Bertz CT molecular complexity index is 471. The van der Waals surface area contributed by atoms with Crippen LogP contribution in [0.5, 0.6) is 0 Å². The van der Waals surface area contributed by atoms with E-state index in [1.807, 2.05) is 34.6 Å². The average molecular weight is 288 g/mol. The number of nitrogens with one attached hydrogen (secondary N) is 1. The van der Waals surface area contributed by atoms with Gasteiger partial charge in [0.15, 0.2) is 0 Å². The lowest BCUT2D eigenvalue weighted by molar-refractivity contribution is -0.149. The number of esters is 1. The molecule has 1 aromatic heterocycles. The number of ether oxygens (including phenoxy) is 1. The number of carbonyl (C=O) groups excluding carboxylic acids is 1. The van der Waals surface area contributed by atoms with Crippen LogP contribution >= 0.6 is 11.6 Å². The minimum atomic E-state index is -0.838. The summed E-state index contributed by atoms with van der Waals surface area (Å²) in [7, 11) is 1.39. The maximum Gasteiger partial charge on any atom is 0.327 e. The molecule has 5 nitrogen and oxygen atoms in total. The number of aromatic nitrogens is 2. The molecule has 0 aromatic carbocycles. The van der Waals surface area contributed by atoms with Crippen molar-refractivity contribution in [2.75, 3.05) is 7.11 Å². The van der Waals surface area contributed by atoms with Crippen LogP contribution in [0, 0.1) is 13.8 Å². The van der Waals surface area contributed by atoms with Crippen LogP contribution in [0.3, 0.4) is 0 Å². The van der Waals surface area contributed by atoms with Crippen molar-refractivity contribution in [3.8, 4) is 0 Å². The summed E-state index contributed by atoms with van der Waals surface area (Å²) >= 11 is 6.13. The first kappa shape index (κ1) is 16.0. The van der Waals surface area contributed by atoms with Gasteiger partial charge < -0.3 is 4.74 Å². The molecule has 0 saturated heterocycles. The highest BCUT2D eigenvalue weighted by Gasteiger charge is 2.36. The predicted molar refractivity (Wildman–Crippen MR) is 75.4 cm³/mol. The van der Waals surface area contributed by atoms with E-state index in [2.05, 4.69) is 10.4 Å². The Balaban J connectivity index is 3.07. The highest BCUT2D eigenvalue weighted by Crippen LogP contribution is 2.21. The summed E-state index contributed by atoms with van der Waals surface area (Å²) in [5, 5.41) is 8.22. The number of halogens is 1. The van der Waals surface area contributed by atoms with Crippen molar-refractivity contribution in [3.05, 3.63) is 16.4 Å². The van der Waals surface area contributed by atoms with Gasteiger partial charge >= 0.3 is 5.97 Å². The van der Waals surface area contributed by atoms with Crippen molar-refractivity contribution >= 4 is 17.6 Å². The standard InChI is InChI=1S/C13H22ClN3O2/c1-8(2)15-13(5,12(18)19-6)7-17-10(4)11(14)9(3)16-17/h8,15H,7H2,1-6H3. The zero-order chi connectivity index (χ0) is 14.8. The molecule has 19 heavy (non-hydrogen) atoms. The highest BCUT2D eigenvalue weighted by atomic mass is 35.5. The smallest absolute Gasteiger partial charge is 0.327 e. The summed E-state index contributed by atoms with van der Waals surface area (Å²) in [6, 6.07) is 0.150. The SMILES string of the molecule is COC(=O)C(C)(Cn1nc(C)c(Cl)c1C)NC(C)C. The lowest BCUT2D eigenvalue weighted by atomic mass is 10.0. The fourth-order valence-electron chi connectivity index (χ4n) is 2.16. The number of hydrogen-bond donors (Lipinski definition) is 1. The van der Waals surface area contributed by atoms with Crippen molar-refractivity contribution < 1.29 is 9.53 Å². The van der Waals surface area contributed by atoms with E-state index in [9.17, 15) is 4.79 Å². The van der Waals surface area contributed by atoms with Crippen molar-refractivity contribution in [2.45, 2.75) is 52.7 Å². The van der Waals surface area contributed by atoms with Gasteiger partial charge in [0.25, 0.3) is 0 Å². The van der Waals surface area contributed by atoms with Crippen LogP contribution in [-0.2, 0) is 16.1 Å². The summed E-state index contributed by atoms with van der Waals surface area (Å²) < 4.78 is 6.63. The second-order valence-corrected chi connectivity index (χ2v) is 5.64. The van der Waals surface area contributed by atoms with Crippen LogP contribution < -0.4 is 5.32 Å². The van der Waals surface area contributed by atoms with Gasteiger partial charge in [0.05, 0.1) is 30.1 Å². The van der Waals surface area contributed by atoms with E-state index in [1.54, 1.807) is 4.68 Å². The third-order valence-electron chi connectivity index (χ3n) is 3.00. The van der Waals surface area contributed by atoms with E-state index in [0.717, 1.165) is 11.4 Å². The molecule has 1 N–H and O–H groups in total. The lowest BCUT2D eigenvalue weighted by Gasteiger charge is -2.30. The van der Waals surface area contributed by atoms with Crippen molar-refractivity contribution in [2.24, 2.45) is 0 Å². The molecule has 1 heterocycles. The molecule has 0 bridgehead atoms. The zero-order valence-corrected chi connectivity index (χ0v) is 13.1. The van der Waals surface area contributed by atoms with E-state index in [0.29, 0.717) is 11.6 Å². The number of hydrogen-bond acceptors (Lipinski definition) is 4. The van der Waals surface area contributed by atoms with Crippen molar-refractivity contribution in [1.29, 1.82) is 0 Å². The topological polar surface area (TPSA) is 56.2 Å². The predicted octanol–water partition coefficient (Wildman–Crippen LogP) is 2.08. The summed E-state index contributed by atoms with van der Waals surface area (Å²) in [6.07, 6.45) is 0. The number of aryl methyl sites for hydroxylation is 1. The Morgan fingerprint density at radius 1 is 1.53 bits per heavy atom. The number of nitrogens with zero attached hydrogens (tertiary/aromatic N) is 2. The van der Waals surface area contributed by atoms with Gasteiger partial charge in [0.1, 0.15) is 5.54 Å².